The number of anilines is 1. The molecular formula is C19H28N4O3. The zero-order chi connectivity index (χ0) is 18.7. The van der Waals surface area contributed by atoms with Crippen molar-refractivity contribution >= 4 is 17.5 Å². The Bertz CT molecular complexity index is 669. The Labute approximate surface area is 154 Å². The van der Waals surface area contributed by atoms with Crippen LogP contribution in [0.15, 0.2) is 12.1 Å². The van der Waals surface area contributed by atoms with Crippen LogP contribution < -0.4 is 21.1 Å². The minimum Gasteiger partial charge on any atom is -0.476 e. The molecule has 2 aliphatic carbocycles. The van der Waals surface area contributed by atoms with Crippen molar-refractivity contribution in [3.05, 3.63) is 17.8 Å². The summed E-state index contributed by atoms with van der Waals surface area (Å²) in [6, 6.07) is 3.23. The van der Waals surface area contributed by atoms with Crippen molar-refractivity contribution in [2.24, 2.45) is 17.6 Å². The molecule has 0 spiro atoms. The van der Waals surface area contributed by atoms with Crippen LogP contribution in [0, 0.1) is 11.8 Å². The predicted molar refractivity (Wildman–Crippen MR) is 99.0 cm³/mol. The molecule has 1 atom stereocenters. The Morgan fingerprint density at radius 1 is 1.27 bits per heavy atom. The Hall–Kier alpha value is -2.31. The standard InChI is InChI=1S/C19H28N4O3/c1-11(2)9-16(17(20)24)22-18(25)14-7-8-15(21-13-5-6-13)19(23-14)26-10-12-3-4-12/h7-8,11-13,16,21H,3-6,9-10H2,1-2H3,(H2,20,24)(H,22,25). The number of rotatable bonds is 10. The molecule has 2 aliphatic rings. The minimum atomic E-state index is -0.704. The van der Waals surface area contributed by atoms with Gasteiger partial charge < -0.3 is 21.1 Å². The molecule has 1 aromatic rings. The molecule has 0 aromatic carbocycles. The molecule has 1 heterocycles. The number of amides is 2. The molecule has 26 heavy (non-hydrogen) atoms. The normalized spacial score (nSPS) is 17.7. The Morgan fingerprint density at radius 3 is 2.58 bits per heavy atom. The van der Waals surface area contributed by atoms with Crippen molar-refractivity contribution in [3.63, 3.8) is 0 Å². The van der Waals surface area contributed by atoms with E-state index in [0.29, 0.717) is 30.9 Å². The van der Waals surface area contributed by atoms with E-state index in [0.717, 1.165) is 18.5 Å². The maximum atomic E-state index is 12.5. The third kappa shape index (κ3) is 5.34. The van der Waals surface area contributed by atoms with Gasteiger partial charge in [0.15, 0.2) is 0 Å². The number of nitrogens with zero attached hydrogens (tertiary/aromatic N) is 1. The van der Waals surface area contributed by atoms with Crippen molar-refractivity contribution in [1.82, 2.24) is 10.3 Å². The lowest BCUT2D eigenvalue weighted by molar-refractivity contribution is -0.120. The number of carbonyl (C=O) groups is 2. The van der Waals surface area contributed by atoms with E-state index in [9.17, 15) is 9.59 Å². The largest absolute Gasteiger partial charge is 0.476 e. The van der Waals surface area contributed by atoms with Crippen molar-refractivity contribution < 1.29 is 14.3 Å². The van der Waals surface area contributed by atoms with Crippen molar-refractivity contribution in [2.75, 3.05) is 11.9 Å². The first kappa shape index (κ1) is 18.5. The maximum Gasteiger partial charge on any atom is 0.270 e. The second kappa shape index (κ2) is 7.93. The number of hydrogen-bond acceptors (Lipinski definition) is 5. The number of ether oxygens (including phenoxy) is 1. The Balaban J connectivity index is 1.71. The summed E-state index contributed by atoms with van der Waals surface area (Å²) in [5, 5.41) is 6.08. The van der Waals surface area contributed by atoms with Gasteiger partial charge >= 0.3 is 0 Å². The molecule has 2 amide bonds. The third-order valence-electron chi connectivity index (χ3n) is 4.54. The first-order chi connectivity index (χ1) is 12.4. The van der Waals surface area contributed by atoms with E-state index in [4.69, 9.17) is 10.5 Å². The van der Waals surface area contributed by atoms with Gasteiger partial charge in [0.25, 0.3) is 5.91 Å². The van der Waals surface area contributed by atoms with Crippen LogP contribution in [0.1, 0.15) is 56.4 Å². The second-order valence-electron chi connectivity index (χ2n) is 7.78. The molecule has 142 valence electrons. The number of carbonyl (C=O) groups excluding carboxylic acids is 2. The highest BCUT2D eigenvalue weighted by molar-refractivity contribution is 5.96. The number of nitrogens with one attached hydrogen (secondary N) is 2. The summed E-state index contributed by atoms with van der Waals surface area (Å²) in [5.74, 6) is 0.334. The molecule has 0 radical (unpaired) electrons. The monoisotopic (exact) mass is 360 g/mol. The van der Waals surface area contributed by atoms with E-state index in [1.807, 2.05) is 19.9 Å². The number of pyridine rings is 1. The van der Waals surface area contributed by atoms with Gasteiger partial charge in [0.1, 0.15) is 11.7 Å². The first-order valence-electron chi connectivity index (χ1n) is 9.43. The smallest absolute Gasteiger partial charge is 0.270 e. The number of hydrogen-bond donors (Lipinski definition) is 3. The summed E-state index contributed by atoms with van der Waals surface area (Å²) in [5.41, 5.74) is 6.45. The van der Waals surface area contributed by atoms with Crippen LogP contribution in [-0.4, -0.2) is 35.5 Å². The zero-order valence-electron chi connectivity index (χ0n) is 15.5. The molecule has 0 bridgehead atoms. The van der Waals surface area contributed by atoms with Gasteiger partial charge in [-0.15, -0.1) is 0 Å². The van der Waals surface area contributed by atoms with Gasteiger partial charge in [-0.3, -0.25) is 9.59 Å². The quantitative estimate of drug-likeness (QED) is 0.592. The summed E-state index contributed by atoms with van der Waals surface area (Å²) in [6.45, 7) is 4.57. The van der Waals surface area contributed by atoms with E-state index in [1.54, 1.807) is 6.07 Å². The van der Waals surface area contributed by atoms with Crippen molar-refractivity contribution in [2.45, 2.75) is 58.0 Å². The van der Waals surface area contributed by atoms with Crippen molar-refractivity contribution in [1.29, 1.82) is 0 Å². The first-order valence-corrected chi connectivity index (χ1v) is 9.43. The van der Waals surface area contributed by atoms with Gasteiger partial charge in [-0.25, -0.2) is 4.98 Å². The molecule has 1 aromatic heterocycles. The molecule has 3 rings (SSSR count). The number of primary amides is 1. The Kier molecular flexibility index (Phi) is 5.64. The van der Waals surface area contributed by atoms with Crippen LogP contribution in [-0.2, 0) is 4.79 Å². The maximum absolute atomic E-state index is 12.5. The average Bonchev–Trinajstić information content (AvgIpc) is 3.47. The van der Waals surface area contributed by atoms with E-state index >= 15 is 0 Å². The highest BCUT2D eigenvalue weighted by Gasteiger charge is 2.26. The van der Waals surface area contributed by atoms with Crippen molar-refractivity contribution in [3.8, 4) is 5.88 Å². The SMILES string of the molecule is CC(C)CC(NC(=O)c1ccc(NC2CC2)c(OCC2CC2)n1)C(N)=O. The van der Waals surface area contributed by atoms with Crippen LogP contribution in [0.5, 0.6) is 5.88 Å². The molecule has 0 saturated heterocycles. The van der Waals surface area contributed by atoms with Crippen LogP contribution in [0.25, 0.3) is 0 Å². The number of aromatic nitrogens is 1. The van der Waals surface area contributed by atoms with Gasteiger partial charge in [-0.2, -0.15) is 0 Å². The van der Waals surface area contributed by atoms with Crippen LogP contribution in [0.4, 0.5) is 5.69 Å². The highest BCUT2D eigenvalue weighted by atomic mass is 16.5. The van der Waals surface area contributed by atoms with Crippen LogP contribution >= 0.6 is 0 Å². The summed E-state index contributed by atoms with van der Waals surface area (Å²) in [7, 11) is 0. The van der Waals surface area contributed by atoms with E-state index in [1.165, 1.54) is 12.8 Å². The summed E-state index contributed by atoms with van der Waals surface area (Å²) < 4.78 is 5.85. The molecule has 7 heteroatoms. The lowest BCUT2D eigenvalue weighted by atomic mass is 10.0. The second-order valence-corrected chi connectivity index (χ2v) is 7.78. The molecular weight excluding hydrogens is 332 g/mol. The fourth-order valence-corrected chi connectivity index (χ4v) is 2.67. The van der Waals surface area contributed by atoms with Gasteiger partial charge in [-0.05, 0) is 56.1 Å². The van der Waals surface area contributed by atoms with Gasteiger partial charge in [-0.1, -0.05) is 13.8 Å². The third-order valence-corrected chi connectivity index (χ3v) is 4.54. The molecule has 7 nitrogen and oxygen atoms in total. The van der Waals surface area contributed by atoms with Gasteiger partial charge in [0.2, 0.25) is 11.8 Å². The van der Waals surface area contributed by atoms with E-state index in [-0.39, 0.29) is 11.6 Å². The summed E-state index contributed by atoms with van der Waals surface area (Å²) in [6.07, 6.45) is 5.13. The molecule has 4 N–H and O–H groups in total. The number of nitrogens with two attached hydrogens (primary N) is 1. The predicted octanol–water partition coefficient (Wildman–Crippen LogP) is 2.07. The molecule has 1 unspecified atom stereocenters. The highest BCUT2D eigenvalue weighted by Crippen LogP contribution is 2.33. The molecule has 2 fully saturated rings. The zero-order valence-corrected chi connectivity index (χ0v) is 15.5. The summed E-state index contributed by atoms with van der Waals surface area (Å²) in [4.78, 5) is 28.5. The lowest BCUT2D eigenvalue weighted by Crippen LogP contribution is -2.45. The fourth-order valence-electron chi connectivity index (χ4n) is 2.67. The minimum absolute atomic E-state index is 0.229. The molecule has 2 saturated carbocycles. The topological polar surface area (TPSA) is 106 Å². The van der Waals surface area contributed by atoms with Crippen LogP contribution in [0.3, 0.4) is 0 Å². The van der Waals surface area contributed by atoms with Gasteiger partial charge in [0.05, 0.1) is 12.3 Å². The average molecular weight is 360 g/mol. The fraction of sp³-hybridized carbons (Fsp3) is 0.632. The Morgan fingerprint density at radius 2 is 2.00 bits per heavy atom. The van der Waals surface area contributed by atoms with Crippen LogP contribution in [0.2, 0.25) is 0 Å². The molecule has 0 aliphatic heterocycles. The summed E-state index contributed by atoms with van der Waals surface area (Å²) >= 11 is 0. The van der Waals surface area contributed by atoms with E-state index in [2.05, 4.69) is 15.6 Å². The van der Waals surface area contributed by atoms with Gasteiger partial charge in [0, 0.05) is 6.04 Å². The van der Waals surface area contributed by atoms with E-state index < -0.39 is 17.9 Å². The lowest BCUT2D eigenvalue weighted by Gasteiger charge is -2.18.